The minimum Gasteiger partial charge on any atom is -0.491 e. The van der Waals surface area contributed by atoms with Gasteiger partial charge in [0, 0.05) is 18.0 Å². The summed E-state index contributed by atoms with van der Waals surface area (Å²) in [5.74, 6) is 1.72. The van der Waals surface area contributed by atoms with E-state index in [1.807, 2.05) is 30.3 Å². The molecule has 2 aromatic heterocycles. The molecule has 4 rings (SSSR count). The highest BCUT2D eigenvalue weighted by atomic mass is 16.5. The van der Waals surface area contributed by atoms with Crippen molar-refractivity contribution < 1.29 is 4.74 Å². The molecule has 3 heterocycles. The minimum atomic E-state index is 0.118. The summed E-state index contributed by atoms with van der Waals surface area (Å²) in [7, 11) is 0. The van der Waals surface area contributed by atoms with Gasteiger partial charge >= 0.3 is 0 Å². The van der Waals surface area contributed by atoms with Gasteiger partial charge < -0.3 is 10.1 Å². The van der Waals surface area contributed by atoms with Crippen molar-refractivity contribution >= 4 is 17.0 Å². The van der Waals surface area contributed by atoms with E-state index in [0.717, 1.165) is 22.6 Å². The third-order valence-electron chi connectivity index (χ3n) is 3.35. The molecule has 0 bridgehead atoms. The van der Waals surface area contributed by atoms with Gasteiger partial charge in [-0.3, -0.25) is 4.98 Å². The van der Waals surface area contributed by atoms with Crippen molar-refractivity contribution in [2.45, 2.75) is 6.04 Å². The number of nitrogens with zero attached hydrogens (tertiary/aromatic N) is 3. The van der Waals surface area contributed by atoms with E-state index in [9.17, 15) is 0 Å². The second-order valence-corrected chi connectivity index (χ2v) is 4.64. The van der Waals surface area contributed by atoms with Crippen molar-refractivity contribution in [2.75, 3.05) is 11.9 Å². The summed E-state index contributed by atoms with van der Waals surface area (Å²) in [6.07, 6.45) is 3.31. The van der Waals surface area contributed by atoms with E-state index >= 15 is 0 Å². The van der Waals surface area contributed by atoms with E-state index < -0.39 is 0 Å². The number of hydrogen-bond donors (Lipinski definition) is 1. The Kier molecular flexibility index (Phi) is 2.48. The lowest BCUT2D eigenvalue weighted by Gasteiger charge is -2.12. The molecule has 1 aliphatic rings. The van der Waals surface area contributed by atoms with Gasteiger partial charge in [0.25, 0.3) is 0 Å². The quantitative estimate of drug-likeness (QED) is 0.770. The molecule has 0 saturated heterocycles. The Labute approximate surface area is 115 Å². The van der Waals surface area contributed by atoms with Gasteiger partial charge in [-0.05, 0) is 18.2 Å². The largest absolute Gasteiger partial charge is 0.491 e. The molecule has 0 amide bonds. The molecule has 0 spiro atoms. The third kappa shape index (κ3) is 1.84. The summed E-state index contributed by atoms with van der Waals surface area (Å²) < 4.78 is 5.65. The summed E-state index contributed by atoms with van der Waals surface area (Å²) >= 11 is 0. The first-order chi connectivity index (χ1) is 9.90. The maximum absolute atomic E-state index is 5.65. The van der Waals surface area contributed by atoms with Gasteiger partial charge in [0.15, 0.2) is 5.65 Å². The van der Waals surface area contributed by atoms with Crippen LogP contribution in [0.5, 0.6) is 5.75 Å². The molecule has 3 aromatic rings. The van der Waals surface area contributed by atoms with Gasteiger partial charge in [0.1, 0.15) is 23.7 Å². The molecule has 1 unspecified atom stereocenters. The maximum Gasteiger partial charge on any atom is 0.180 e. The summed E-state index contributed by atoms with van der Waals surface area (Å²) in [6.45, 7) is 0.611. The van der Waals surface area contributed by atoms with E-state index in [1.54, 1.807) is 12.4 Å². The average molecular weight is 264 g/mol. The van der Waals surface area contributed by atoms with Crippen molar-refractivity contribution in [1.29, 1.82) is 0 Å². The van der Waals surface area contributed by atoms with Crippen LogP contribution in [0, 0.1) is 0 Å². The molecule has 20 heavy (non-hydrogen) atoms. The van der Waals surface area contributed by atoms with Crippen LogP contribution in [0.1, 0.15) is 11.6 Å². The fourth-order valence-electron chi connectivity index (χ4n) is 2.40. The predicted molar refractivity (Wildman–Crippen MR) is 75.6 cm³/mol. The molecule has 1 aliphatic heterocycles. The van der Waals surface area contributed by atoms with Crippen molar-refractivity contribution in [3.8, 4) is 5.75 Å². The van der Waals surface area contributed by atoms with Crippen molar-refractivity contribution in [3.63, 3.8) is 0 Å². The van der Waals surface area contributed by atoms with Crippen LogP contribution in [-0.2, 0) is 0 Å². The molecular formula is C15H12N4O. The highest BCUT2D eigenvalue weighted by molar-refractivity contribution is 5.71. The van der Waals surface area contributed by atoms with Crippen LogP contribution >= 0.6 is 0 Å². The number of benzene rings is 1. The second kappa shape index (κ2) is 4.45. The normalized spacial score (nSPS) is 16.7. The number of pyridine rings is 1. The Balaban J connectivity index is 1.65. The zero-order chi connectivity index (χ0) is 13.4. The van der Waals surface area contributed by atoms with Crippen LogP contribution in [-0.4, -0.2) is 21.6 Å². The molecule has 98 valence electrons. The van der Waals surface area contributed by atoms with Crippen LogP contribution in [0.15, 0.2) is 48.8 Å². The van der Waals surface area contributed by atoms with Gasteiger partial charge in [0.2, 0.25) is 0 Å². The Hall–Kier alpha value is -2.69. The number of nitrogens with one attached hydrogen (secondary N) is 1. The smallest absolute Gasteiger partial charge is 0.180 e. The average Bonchev–Trinajstić information content (AvgIpc) is 2.91. The van der Waals surface area contributed by atoms with Gasteiger partial charge in [-0.25, -0.2) is 9.97 Å². The van der Waals surface area contributed by atoms with E-state index in [4.69, 9.17) is 4.74 Å². The number of ether oxygens (including phenoxy) is 1. The number of hydrogen-bond acceptors (Lipinski definition) is 5. The molecule has 5 nitrogen and oxygen atoms in total. The third-order valence-corrected chi connectivity index (χ3v) is 3.35. The highest BCUT2D eigenvalue weighted by Gasteiger charge is 2.23. The van der Waals surface area contributed by atoms with Gasteiger partial charge in [-0.1, -0.05) is 18.2 Å². The molecule has 5 heteroatoms. The summed E-state index contributed by atoms with van der Waals surface area (Å²) in [4.78, 5) is 12.9. The lowest BCUT2D eigenvalue weighted by Crippen LogP contribution is -2.13. The van der Waals surface area contributed by atoms with Crippen LogP contribution in [0.2, 0.25) is 0 Å². The second-order valence-electron chi connectivity index (χ2n) is 4.64. The number of aromatic nitrogens is 3. The van der Waals surface area contributed by atoms with Crippen molar-refractivity contribution in [3.05, 3.63) is 54.4 Å². The topological polar surface area (TPSA) is 59.9 Å². The van der Waals surface area contributed by atoms with E-state index in [0.29, 0.717) is 12.3 Å². The molecule has 0 radical (unpaired) electrons. The van der Waals surface area contributed by atoms with Crippen molar-refractivity contribution in [1.82, 2.24) is 15.0 Å². The first-order valence-electron chi connectivity index (χ1n) is 6.46. The number of para-hydroxylation sites is 1. The zero-order valence-corrected chi connectivity index (χ0v) is 10.7. The highest BCUT2D eigenvalue weighted by Crippen LogP contribution is 2.33. The van der Waals surface area contributed by atoms with Crippen LogP contribution in [0.3, 0.4) is 0 Å². The Morgan fingerprint density at radius 3 is 2.95 bits per heavy atom. The van der Waals surface area contributed by atoms with Crippen LogP contribution in [0.25, 0.3) is 11.2 Å². The maximum atomic E-state index is 5.65. The molecule has 0 fully saturated rings. The predicted octanol–water partition coefficient (Wildman–Crippen LogP) is 2.57. The fourth-order valence-corrected chi connectivity index (χ4v) is 2.40. The fraction of sp³-hybridized carbons (Fsp3) is 0.133. The Morgan fingerprint density at radius 2 is 1.95 bits per heavy atom. The van der Waals surface area contributed by atoms with Crippen molar-refractivity contribution in [2.24, 2.45) is 0 Å². The molecule has 0 saturated carbocycles. The van der Waals surface area contributed by atoms with Crippen LogP contribution in [0.4, 0.5) is 5.82 Å². The first kappa shape index (κ1) is 11.2. The van der Waals surface area contributed by atoms with Crippen LogP contribution < -0.4 is 10.1 Å². The number of rotatable bonds is 2. The van der Waals surface area contributed by atoms with Gasteiger partial charge in [0.05, 0.1) is 6.04 Å². The Morgan fingerprint density at radius 1 is 1.05 bits per heavy atom. The molecule has 1 atom stereocenters. The summed E-state index contributed by atoms with van der Waals surface area (Å²) in [5.41, 5.74) is 2.60. The lowest BCUT2D eigenvalue weighted by molar-refractivity contribution is 0.339. The molecule has 1 N–H and O–H groups in total. The standard InChI is InChI=1S/C15H12N4O/c1-2-4-13-10(3-1)12(9-20-13)18-14-6-5-11-15(19-14)17-8-7-16-11/h1-8,12H,9H2,(H,17,18,19). The lowest BCUT2D eigenvalue weighted by atomic mass is 10.1. The van der Waals surface area contributed by atoms with Gasteiger partial charge in [-0.15, -0.1) is 0 Å². The number of fused-ring (bicyclic) bond motifs is 2. The molecule has 0 aliphatic carbocycles. The molecule has 1 aromatic carbocycles. The Bertz CT molecular complexity index is 774. The van der Waals surface area contributed by atoms with E-state index in [-0.39, 0.29) is 6.04 Å². The minimum absolute atomic E-state index is 0.118. The first-order valence-corrected chi connectivity index (χ1v) is 6.46. The summed E-state index contributed by atoms with van der Waals surface area (Å²) in [5, 5.41) is 3.39. The van der Waals surface area contributed by atoms with Gasteiger partial charge in [-0.2, -0.15) is 0 Å². The monoisotopic (exact) mass is 264 g/mol. The number of anilines is 1. The SMILES string of the molecule is c1ccc2c(c1)OCC2Nc1ccc2nccnc2n1. The zero-order valence-electron chi connectivity index (χ0n) is 10.7. The van der Waals surface area contributed by atoms with E-state index in [2.05, 4.69) is 26.3 Å². The molecular weight excluding hydrogens is 252 g/mol. The summed E-state index contributed by atoms with van der Waals surface area (Å²) in [6, 6.07) is 12.0. The van der Waals surface area contributed by atoms with E-state index in [1.165, 1.54) is 0 Å².